The summed E-state index contributed by atoms with van der Waals surface area (Å²) in [6.07, 6.45) is 1.53. The van der Waals surface area contributed by atoms with Crippen molar-refractivity contribution in [2.45, 2.75) is 0 Å². The molecule has 0 atom stereocenters. The number of pyridine rings is 1. The molecular formula is C13H7ClFN3O. The summed E-state index contributed by atoms with van der Waals surface area (Å²) >= 11 is 5.78. The summed E-state index contributed by atoms with van der Waals surface area (Å²) in [5.74, 6) is 0.0613. The van der Waals surface area contributed by atoms with Crippen LogP contribution in [0, 0.1) is 5.82 Å². The van der Waals surface area contributed by atoms with E-state index in [2.05, 4.69) is 15.1 Å². The van der Waals surface area contributed by atoms with Gasteiger partial charge in [0.05, 0.1) is 5.56 Å². The Kier molecular flexibility index (Phi) is 2.97. The Morgan fingerprint density at radius 2 is 2.00 bits per heavy atom. The van der Waals surface area contributed by atoms with Gasteiger partial charge in [-0.25, -0.2) is 9.37 Å². The van der Waals surface area contributed by atoms with Crippen LogP contribution in [-0.2, 0) is 0 Å². The van der Waals surface area contributed by atoms with Gasteiger partial charge in [-0.2, -0.15) is 4.98 Å². The Bertz CT molecular complexity index is 729. The lowest BCUT2D eigenvalue weighted by Gasteiger charge is -1.95. The third kappa shape index (κ3) is 2.32. The van der Waals surface area contributed by atoms with E-state index in [1.54, 1.807) is 30.3 Å². The highest BCUT2D eigenvalue weighted by molar-refractivity contribution is 6.29. The Hall–Kier alpha value is -2.27. The van der Waals surface area contributed by atoms with Gasteiger partial charge in [-0.05, 0) is 24.3 Å². The SMILES string of the molecule is Fc1ccccc1-c1noc(-c2ccnc(Cl)c2)n1. The summed E-state index contributed by atoms with van der Waals surface area (Å²) in [4.78, 5) is 8.01. The van der Waals surface area contributed by atoms with Crippen LogP contribution in [0.15, 0.2) is 47.1 Å². The molecule has 0 unspecified atom stereocenters. The second-order valence-electron chi connectivity index (χ2n) is 3.77. The highest BCUT2D eigenvalue weighted by Gasteiger charge is 2.13. The summed E-state index contributed by atoms with van der Waals surface area (Å²) < 4.78 is 18.7. The Morgan fingerprint density at radius 3 is 2.79 bits per heavy atom. The first kappa shape index (κ1) is 11.8. The quantitative estimate of drug-likeness (QED) is 0.671. The first-order valence-corrected chi connectivity index (χ1v) is 5.82. The molecule has 0 aliphatic carbocycles. The van der Waals surface area contributed by atoms with Crippen molar-refractivity contribution < 1.29 is 8.91 Å². The standard InChI is InChI=1S/C13H7ClFN3O/c14-11-7-8(5-6-16-11)13-17-12(18-19-13)9-3-1-2-4-10(9)15/h1-7H. The molecule has 0 bridgehead atoms. The van der Waals surface area contributed by atoms with Crippen molar-refractivity contribution >= 4 is 11.6 Å². The number of nitrogens with zero attached hydrogens (tertiary/aromatic N) is 3. The van der Waals surface area contributed by atoms with Gasteiger partial charge in [-0.15, -0.1) is 0 Å². The van der Waals surface area contributed by atoms with Gasteiger partial charge in [0.2, 0.25) is 5.82 Å². The minimum Gasteiger partial charge on any atom is -0.334 e. The van der Waals surface area contributed by atoms with Gasteiger partial charge in [0.25, 0.3) is 5.89 Å². The van der Waals surface area contributed by atoms with Crippen molar-refractivity contribution in [3.63, 3.8) is 0 Å². The molecule has 19 heavy (non-hydrogen) atoms. The van der Waals surface area contributed by atoms with Crippen LogP contribution in [0.25, 0.3) is 22.8 Å². The third-order valence-corrected chi connectivity index (χ3v) is 2.72. The monoisotopic (exact) mass is 275 g/mol. The van der Waals surface area contributed by atoms with Gasteiger partial charge in [0.15, 0.2) is 0 Å². The molecule has 0 fully saturated rings. The van der Waals surface area contributed by atoms with Gasteiger partial charge < -0.3 is 4.52 Å². The molecule has 0 saturated heterocycles. The average Bonchev–Trinajstić information content (AvgIpc) is 2.89. The van der Waals surface area contributed by atoms with Crippen LogP contribution in [0.1, 0.15) is 0 Å². The average molecular weight is 276 g/mol. The molecule has 1 aromatic carbocycles. The van der Waals surface area contributed by atoms with E-state index in [0.717, 1.165) is 0 Å². The minimum absolute atomic E-state index is 0.195. The molecule has 94 valence electrons. The highest BCUT2D eigenvalue weighted by atomic mass is 35.5. The smallest absolute Gasteiger partial charge is 0.258 e. The zero-order valence-corrected chi connectivity index (χ0v) is 10.3. The number of rotatable bonds is 2. The maximum atomic E-state index is 13.6. The molecule has 0 saturated carbocycles. The van der Waals surface area contributed by atoms with Crippen LogP contribution in [0.3, 0.4) is 0 Å². The van der Waals surface area contributed by atoms with E-state index >= 15 is 0 Å². The van der Waals surface area contributed by atoms with E-state index in [1.165, 1.54) is 12.3 Å². The van der Waals surface area contributed by atoms with E-state index in [-0.39, 0.29) is 17.3 Å². The van der Waals surface area contributed by atoms with Crippen LogP contribution in [-0.4, -0.2) is 15.1 Å². The molecule has 2 heterocycles. The van der Waals surface area contributed by atoms with Crippen molar-refractivity contribution in [3.8, 4) is 22.8 Å². The highest BCUT2D eigenvalue weighted by Crippen LogP contribution is 2.24. The maximum Gasteiger partial charge on any atom is 0.258 e. The molecule has 2 aromatic heterocycles. The summed E-state index contributed by atoms with van der Waals surface area (Å²) in [7, 11) is 0. The Morgan fingerprint density at radius 1 is 1.16 bits per heavy atom. The molecule has 3 aromatic rings. The summed E-state index contributed by atoms with van der Waals surface area (Å²) in [5.41, 5.74) is 0.924. The number of benzene rings is 1. The zero-order chi connectivity index (χ0) is 13.2. The van der Waals surface area contributed by atoms with Crippen molar-refractivity contribution in [1.82, 2.24) is 15.1 Å². The van der Waals surface area contributed by atoms with Crippen LogP contribution >= 0.6 is 11.6 Å². The summed E-state index contributed by atoms with van der Waals surface area (Å²) in [6, 6.07) is 9.52. The molecule has 0 aliphatic heterocycles. The second-order valence-corrected chi connectivity index (χ2v) is 4.16. The number of aromatic nitrogens is 3. The van der Waals surface area contributed by atoms with Crippen LogP contribution in [0.4, 0.5) is 4.39 Å². The summed E-state index contributed by atoms with van der Waals surface area (Å²) in [5, 5.41) is 4.09. The molecule has 3 rings (SSSR count). The van der Waals surface area contributed by atoms with Crippen molar-refractivity contribution in [2.75, 3.05) is 0 Å². The normalized spacial score (nSPS) is 10.6. The minimum atomic E-state index is -0.400. The first-order chi connectivity index (χ1) is 9.24. The molecule has 0 aliphatic rings. The van der Waals surface area contributed by atoms with E-state index in [4.69, 9.17) is 16.1 Å². The van der Waals surface area contributed by atoms with Crippen molar-refractivity contribution in [3.05, 3.63) is 53.6 Å². The molecule has 6 heteroatoms. The molecular weight excluding hydrogens is 269 g/mol. The van der Waals surface area contributed by atoms with Gasteiger partial charge in [-0.1, -0.05) is 28.9 Å². The topological polar surface area (TPSA) is 51.8 Å². The van der Waals surface area contributed by atoms with Gasteiger partial charge in [-0.3, -0.25) is 0 Å². The number of halogens is 2. The Labute approximate surface area is 112 Å². The molecule has 0 radical (unpaired) electrons. The van der Waals surface area contributed by atoms with Gasteiger partial charge in [0, 0.05) is 11.8 Å². The molecule has 0 amide bonds. The fourth-order valence-electron chi connectivity index (χ4n) is 1.63. The van der Waals surface area contributed by atoms with Crippen LogP contribution in [0.5, 0.6) is 0 Å². The Balaban J connectivity index is 2.03. The van der Waals surface area contributed by atoms with E-state index in [9.17, 15) is 4.39 Å². The second kappa shape index (κ2) is 4.78. The zero-order valence-electron chi connectivity index (χ0n) is 9.55. The lowest BCUT2D eigenvalue weighted by Crippen LogP contribution is -1.86. The lowest BCUT2D eigenvalue weighted by molar-refractivity contribution is 0.432. The molecule has 0 N–H and O–H groups in total. The van der Waals surface area contributed by atoms with Crippen molar-refractivity contribution in [1.29, 1.82) is 0 Å². The number of hydrogen-bond acceptors (Lipinski definition) is 4. The van der Waals surface area contributed by atoms with Gasteiger partial charge in [0.1, 0.15) is 11.0 Å². The van der Waals surface area contributed by atoms with Crippen molar-refractivity contribution in [2.24, 2.45) is 0 Å². The van der Waals surface area contributed by atoms with Crippen LogP contribution < -0.4 is 0 Å². The largest absolute Gasteiger partial charge is 0.334 e. The third-order valence-electron chi connectivity index (χ3n) is 2.51. The van der Waals surface area contributed by atoms with E-state index in [1.807, 2.05) is 0 Å². The fourth-order valence-corrected chi connectivity index (χ4v) is 1.80. The maximum absolute atomic E-state index is 13.6. The predicted octanol–water partition coefficient (Wildman–Crippen LogP) is 3.59. The fraction of sp³-hybridized carbons (Fsp3) is 0. The predicted molar refractivity (Wildman–Crippen MR) is 67.9 cm³/mol. The first-order valence-electron chi connectivity index (χ1n) is 5.44. The lowest BCUT2D eigenvalue weighted by atomic mass is 10.2. The van der Waals surface area contributed by atoms with E-state index < -0.39 is 5.82 Å². The molecule has 4 nitrogen and oxygen atoms in total. The van der Waals surface area contributed by atoms with Crippen LogP contribution in [0.2, 0.25) is 5.15 Å². The van der Waals surface area contributed by atoms with Gasteiger partial charge >= 0.3 is 0 Å². The summed E-state index contributed by atoms with van der Waals surface area (Å²) in [6.45, 7) is 0. The molecule has 0 spiro atoms. The van der Waals surface area contributed by atoms with E-state index in [0.29, 0.717) is 10.7 Å². The number of hydrogen-bond donors (Lipinski definition) is 0.